The van der Waals surface area contributed by atoms with Gasteiger partial charge in [-0.1, -0.05) is 38.3 Å². The molecule has 25 heavy (non-hydrogen) atoms. The summed E-state index contributed by atoms with van der Waals surface area (Å²) in [6.45, 7) is 9.52. The number of aromatic hydroxyl groups is 2. The molecular weight excluding hydrogens is 312 g/mol. The zero-order chi connectivity index (χ0) is 18.4. The lowest BCUT2D eigenvalue weighted by Gasteiger charge is -2.55. The number of rotatable bonds is 3. The summed E-state index contributed by atoms with van der Waals surface area (Å²) in [6.07, 6.45) is 6.89. The third kappa shape index (κ3) is 3.02. The molecule has 0 amide bonds. The quantitative estimate of drug-likeness (QED) is 0.555. The lowest BCUT2D eigenvalue weighted by molar-refractivity contribution is 0.0112. The van der Waals surface area contributed by atoms with Crippen LogP contribution < -0.4 is 4.74 Å². The molecule has 1 aromatic carbocycles. The Morgan fingerprint density at radius 1 is 1.12 bits per heavy atom. The van der Waals surface area contributed by atoms with Gasteiger partial charge in [-0.2, -0.15) is 0 Å². The molecule has 1 fully saturated rings. The van der Waals surface area contributed by atoms with Crippen molar-refractivity contribution in [2.75, 3.05) is 7.11 Å². The molecule has 138 valence electrons. The summed E-state index contributed by atoms with van der Waals surface area (Å²) in [4.78, 5) is 0. The number of ether oxygens (including phenoxy) is 1. The molecule has 3 heteroatoms. The molecule has 0 spiro atoms. The molecule has 2 N–H and O–H groups in total. The summed E-state index contributed by atoms with van der Waals surface area (Å²) in [5.41, 5.74) is 4.27. The van der Waals surface area contributed by atoms with Crippen LogP contribution in [0.4, 0.5) is 0 Å². The average molecular weight is 344 g/mol. The van der Waals surface area contributed by atoms with Crippen LogP contribution in [0.15, 0.2) is 23.3 Å². The molecule has 0 unspecified atom stereocenters. The van der Waals surface area contributed by atoms with Crippen LogP contribution in [0.5, 0.6) is 17.2 Å². The van der Waals surface area contributed by atoms with Gasteiger partial charge >= 0.3 is 0 Å². The van der Waals surface area contributed by atoms with E-state index in [0.717, 1.165) is 12.0 Å². The van der Waals surface area contributed by atoms with Gasteiger partial charge in [0.25, 0.3) is 0 Å². The smallest absolute Gasteiger partial charge is 0.164 e. The second-order valence-corrected chi connectivity index (χ2v) is 8.94. The predicted molar refractivity (Wildman–Crippen MR) is 101 cm³/mol. The van der Waals surface area contributed by atoms with E-state index in [4.69, 9.17) is 4.74 Å². The van der Waals surface area contributed by atoms with E-state index in [1.54, 1.807) is 6.07 Å². The lowest BCUT2D eigenvalue weighted by Crippen LogP contribution is -2.45. The summed E-state index contributed by atoms with van der Waals surface area (Å²) < 4.78 is 5.10. The number of benzene rings is 1. The van der Waals surface area contributed by atoms with Gasteiger partial charge in [0.2, 0.25) is 0 Å². The van der Waals surface area contributed by atoms with E-state index >= 15 is 0 Å². The van der Waals surface area contributed by atoms with Crippen LogP contribution in [-0.2, 0) is 6.42 Å². The number of methoxy groups -OCH3 is 1. The van der Waals surface area contributed by atoms with Crippen molar-refractivity contribution >= 4 is 0 Å². The molecule has 0 aromatic heterocycles. The van der Waals surface area contributed by atoms with E-state index in [0.29, 0.717) is 23.5 Å². The van der Waals surface area contributed by atoms with Gasteiger partial charge in [0.05, 0.1) is 7.11 Å². The molecule has 0 heterocycles. The Balaban J connectivity index is 2.00. The first-order chi connectivity index (χ1) is 11.7. The highest BCUT2D eigenvalue weighted by atomic mass is 16.5. The Morgan fingerprint density at radius 3 is 2.52 bits per heavy atom. The molecule has 0 aliphatic heterocycles. The van der Waals surface area contributed by atoms with E-state index in [-0.39, 0.29) is 16.9 Å². The maximum absolute atomic E-state index is 10.4. The summed E-state index contributed by atoms with van der Waals surface area (Å²) in [7, 11) is 1.50. The van der Waals surface area contributed by atoms with Crippen molar-refractivity contribution in [3.63, 3.8) is 0 Å². The third-order valence-corrected chi connectivity index (χ3v) is 6.99. The number of hydrogen-bond donors (Lipinski definition) is 2. The van der Waals surface area contributed by atoms with Crippen LogP contribution in [0.25, 0.3) is 0 Å². The number of fused-ring (bicyclic) bond motifs is 1. The first kappa shape index (κ1) is 18.2. The van der Waals surface area contributed by atoms with Crippen LogP contribution in [0.1, 0.15) is 65.4 Å². The van der Waals surface area contributed by atoms with E-state index < -0.39 is 0 Å². The normalized spacial score (nSPS) is 28.6. The Morgan fingerprint density at radius 2 is 1.84 bits per heavy atom. The first-order valence-electron chi connectivity index (χ1n) is 9.47. The van der Waals surface area contributed by atoms with Gasteiger partial charge in [-0.05, 0) is 61.8 Å². The Labute approximate surface area is 151 Å². The van der Waals surface area contributed by atoms with Crippen LogP contribution >= 0.6 is 0 Å². The fraction of sp³-hybridized carbons (Fsp3) is 0.636. The van der Waals surface area contributed by atoms with Crippen LogP contribution in [-0.4, -0.2) is 17.3 Å². The summed E-state index contributed by atoms with van der Waals surface area (Å²) in [6, 6.07) is 3.18. The molecule has 3 nitrogen and oxygen atoms in total. The average Bonchev–Trinajstić information content (AvgIpc) is 2.52. The number of phenols is 2. The molecule has 1 saturated carbocycles. The standard InChI is InChI=1S/C22H32O3/c1-14-7-8-20-21(2,3)9-6-10-22(20,4)16(14)11-15-12-18(24)19(25-5)13-17(15)23/h12-13,20,23-24H,6-11H2,1-5H3/t20-,22+/m0/s1. The SMILES string of the molecule is COc1cc(O)c(CC2=C(C)CC[C@H]3C(C)(C)CCC[C@]23C)cc1O. The highest BCUT2D eigenvalue weighted by Crippen LogP contribution is 2.60. The molecular formula is C22H32O3. The number of hydrogen-bond acceptors (Lipinski definition) is 3. The monoisotopic (exact) mass is 344 g/mol. The maximum Gasteiger partial charge on any atom is 0.164 e. The first-order valence-corrected chi connectivity index (χ1v) is 9.47. The van der Waals surface area contributed by atoms with E-state index in [1.807, 2.05) is 0 Å². The van der Waals surface area contributed by atoms with Crippen molar-refractivity contribution in [3.8, 4) is 17.2 Å². The van der Waals surface area contributed by atoms with Gasteiger partial charge in [-0.25, -0.2) is 0 Å². The highest BCUT2D eigenvalue weighted by molar-refractivity contribution is 5.51. The Bertz CT molecular complexity index is 701. The van der Waals surface area contributed by atoms with Crippen molar-refractivity contribution in [2.24, 2.45) is 16.7 Å². The number of phenolic OH excluding ortho intramolecular Hbond substituents is 2. The minimum absolute atomic E-state index is 0.0926. The zero-order valence-electron chi connectivity index (χ0n) is 16.3. The van der Waals surface area contributed by atoms with Crippen molar-refractivity contribution in [2.45, 2.75) is 66.2 Å². The topological polar surface area (TPSA) is 49.7 Å². The minimum Gasteiger partial charge on any atom is -0.508 e. The molecule has 0 radical (unpaired) electrons. The third-order valence-electron chi connectivity index (χ3n) is 6.99. The molecule has 3 rings (SSSR count). The Hall–Kier alpha value is -1.64. The van der Waals surface area contributed by atoms with Crippen molar-refractivity contribution < 1.29 is 14.9 Å². The second-order valence-electron chi connectivity index (χ2n) is 8.94. The van der Waals surface area contributed by atoms with E-state index in [2.05, 4.69) is 27.7 Å². The summed E-state index contributed by atoms with van der Waals surface area (Å²) >= 11 is 0. The van der Waals surface area contributed by atoms with E-state index in [1.165, 1.54) is 50.0 Å². The molecule has 0 saturated heterocycles. The largest absolute Gasteiger partial charge is 0.508 e. The van der Waals surface area contributed by atoms with Gasteiger partial charge in [0.1, 0.15) is 5.75 Å². The van der Waals surface area contributed by atoms with Crippen LogP contribution in [0.3, 0.4) is 0 Å². The van der Waals surface area contributed by atoms with Crippen molar-refractivity contribution in [1.29, 1.82) is 0 Å². The molecule has 2 aliphatic rings. The lowest BCUT2D eigenvalue weighted by atomic mass is 9.50. The molecule has 2 aliphatic carbocycles. The minimum atomic E-state index is 0.0926. The predicted octanol–water partition coefficient (Wildman–Crippen LogP) is 5.59. The van der Waals surface area contributed by atoms with Gasteiger partial charge in [-0.3, -0.25) is 0 Å². The van der Waals surface area contributed by atoms with Crippen LogP contribution in [0, 0.1) is 16.7 Å². The summed E-state index contributed by atoms with van der Waals surface area (Å²) in [5.74, 6) is 1.30. The summed E-state index contributed by atoms with van der Waals surface area (Å²) in [5, 5.41) is 20.6. The van der Waals surface area contributed by atoms with Gasteiger partial charge in [0, 0.05) is 11.6 Å². The molecule has 2 atom stereocenters. The maximum atomic E-state index is 10.4. The van der Waals surface area contributed by atoms with E-state index in [9.17, 15) is 10.2 Å². The molecule has 1 aromatic rings. The van der Waals surface area contributed by atoms with Gasteiger partial charge < -0.3 is 14.9 Å². The number of allylic oxidation sites excluding steroid dienone is 2. The van der Waals surface area contributed by atoms with Crippen molar-refractivity contribution in [3.05, 3.63) is 28.8 Å². The highest BCUT2D eigenvalue weighted by Gasteiger charge is 2.49. The second kappa shape index (κ2) is 6.26. The Kier molecular flexibility index (Phi) is 4.55. The van der Waals surface area contributed by atoms with Gasteiger partial charge in [-0.15, -0.1) is 0 Å². The van der Waals surface area contributed by atoms with Gasteiger partial charge in [0.15, 0.2) is 11.5 Å². The fourth-order valence-electron chi connectivity index (χ4n) is 5.64. The molecule has 0 bridgehead atoms. The fourth-order valence-corrected chi connectivity index (χ4v) is 5.64. The van der Waals surface area contributed by atoms with Crippen molar-refractivity contribution in [1.82, 2.24) is 0 Å². The zero-order valence-corrected chi connectivity index (χ0v) is 16.3. The van der Waals surface area contributed by atoms with Crippen LogP contribution in [0.2, 0.25) is 0 Å².